The van der Waals surface area contributed by atoms with Gasteiger partial charge in [0, 0.05) is 6.42 Å². The Morgan fingerprint density at radius 3 is 3.00 bits per heavy atom. The van der Waals surface area contributed by atoms with Gasteiger partial charge in [-0.15, -0.1) is 10.2 Å². The molecule has 0 bridgehead atoms. The number of aryl methyl sites for hydroxylation is 1. The minimum absolute atomic E-state index is 0.193. The standard InChI is InChI=1S/C13H12N4O2S/c1-2-11-14-15-13-17(11)16-12(20-13)10-7-18-8-5-3-4-6-9(8)19-10/h3-6,10H,2,7H2,1H3/t10-/m0/s1. The number of fused-ring (bicyclic) bond motifs is 2. The van der Waals surface area contributed by atoms with E-state index in [0.29, 0.717) is 6.61 Å². The SMILES string of the molecule is CCc1nnc2sc([C@@H]3COc4ccccc4O3)nn12. The molecule has 0 aliphatic carbocycles. The molecule has 0 unspecified atom stereocenters. The van der Waals surface area contributed by atoms with Crippen molar-refractivity contribution in [3.05, 3.63) is 35.1 Å². The van der Waals surface area contributed by atoms with E-state index in [2.05, 4.69) is 15.3 Å². The molecule has 0 spiro atoms. The molecule has 6 nitrogen and oxygen atoms in total. The van der Waals surface area contributed by atoms with Crippen LogP contribution in [0.25, 0.3) is 4.96 Å². The first-order valence-electron chi connectivity index (χ1n) is 6.44. The lowest BCUT2D eigenvalue weighted by Gasteiger charge is -2.24. The van der Waals surface area contributed by atoms with Crippen LogP contribution in [0.1, 0.15) is 23.9 Å². The maximum absolute atomic E-state index is 5.95. The molecular weight excluding hydrogens is 276 g/mol. The smallest absolute Gasteiger partial charge is 0.234 e. The van der Waals surface area contributed by atoms with Crippen molar-refractivity contribution in [2.75, 3.05) is 6.61 Å². The number of ether oxygens (including phenoxy) is 2. The highest BCUT2D eigenvalue weighted by molar-refractivity contribution is 7.16. The largest absolute Gasteiger partial charge is 0.485 e. The summed E-state index contributed by atoms with van der Waals surface area (Å²) in [5, 5.41) is 13.6. The Bertz CT molecular complexity index is 767. The maximum atomic E-state index is 5.95. The van der Waals surface area contributed by atoms with Gasteiger partial charge in [-0.25, -0.2) is 0 Å². The van der Waals surface area contributed by atoms with E-state index in [9.17, 15) is 0 Å². The van der Waals surface area contributed by atoms with E-state index in [4.69, 9.17) is 9.47 Å². The van der Waals surface area contributed by atoms with E-state index in [0.717, 1.165) is 33.7 Å². The summed E-state index contributed by atoms with van der Waals surface area (Å²) in [6.07, 6.45) is 0.608. The van der Waals surface area contributed by atoms with Crippen molar-refractivity contribution in [3.63, 3.8) is 0 Å². The molecule has 7 heteroatoms. The van der Waals surface area contributed by atoms with E-state index >= 15 is 0 Å². The van der Waals surface area contributed by atoms with Gasteiger partial charge in [-0.05, 0) is 12.1 Å². The average molecular weight is 288 g/mol. The molecule has 1 aromatic carbocycles. The van der Waals surface area contributed by atoms with Crippen molar-refractivity contribution < 1.29 is 9.47 Å². The molecule has 1 aliphatic rings. The van der Waals surface area contributed by atoms with Crippen LogP contribution >= 0.6 is 11.3 Å². The van der Waals surface area contributed by atoms with E-state index in [-0.39, 0.29) is 6.10 Å². The monoisotopic (exact) mass is 288 g/mol. The molecule has 0 fully saturated rings. The Kier molecular flexibility index (Phi) is 2.59. The van der Waals surface area contributed by atoms with Gasteiger partial charge in [0.15, 0.2) is 28.4 Å². The second-order valence-electron chi connectivity index (χ2n) is 4.47. The summed E-state index contributed by atoms with van der Waals surface area (Å²) < 4.78 is 13.4. The number of rotatable bonds is 2. The van der Waals surface area contributed by atoms with Crippen molar-refractivity contribution >= 4 is 16.3 Å². The Hall–Kier alpha value is -2.15. The summed E-state index contributed by atoms with van der Waals surface area (Å²) >= 11 is 1.49. The number of hydrogen-bond acceptors (Lipinski definition) is 6. The molecule has 0 saturated heterocycles. The number of nitrogens with zero attached hydrogens (tertiary/aromatic N) is 4. The van der Waals surface area contributed by atoms with Crippen LogP contribution in [0.15, 0.2) is 24.3 Å². The van der Waals surface area contributed by atoms with E-state index in [1.165, 1.54) is 11.3 Å². The molecule has 2 aromatic heterocycles. The minimum atomic E-state index is -0.193. The van der Waals surface area contributed by atoms with Crippen LogP contribution in [-0.2, 0) is 6.42 Å². The highest BCUT2D eigenvalue weighted by atomic mass is 32.1. The molecule has 1 atom stereocenters. The van der Waals surface area contributed by atoms with Crippen molar-refractivity contribution in [1.82, 2.24) is 19.8 Å². The van der Waals surface area contributed by atoms with Gasteiger partial charge >= 0.3 is 0 Å². The normalized spacial score (nSPS) is 17.6. The second kappa shape index (κ2) is 4.45. The summed E-state index contributed by atoms with van der Waals surface area (Å²) in [6, 6.07) is 7.66. The van der Waals surface area contributed by atoms with Crippen LogP contribution in [0.5, 0.6) is 11.5 Å². The van der Waals surface area contributed by atoms with Gasteiger partial charge in [0.05, 0.1) is 0 Å². The predicted molar refractivity (Wildman–Crippen MR) is 73.3 cm³/mol. The van der Waals surface area contributed by atoms with Crippen molar-refractivity contribution in [1.29, 1.82) is 0 Å². The first-order chi connectivity index (χ1) is 9.85. The minimum Gasteiger partial charge on any atom is -0.485 e. The van der Waals surface area contributed by atoms with Gasteiger partial charge in [0.2, 0.25) is 4.96 Å². The van der Waals surface area contributed by atoms with Crippen molar-refractivity contribution in [2.24, 2.45) is 0 Å². The van der Waals surface area contributed by atoms with Gasteiger partial charge in [-0.3, -0.25) is 0 Å². The third-order valence-electron chi connectivity index (χ3n) is 3.17. The highest BCUT2D eigenvalue weighted by Gasteiger charge is 2.26. The third kappa shape index (κ3) is 1.74. The fraction of sp³-hybridized carbons (Fsp3) is 0.308. The Morgan fingerprint density at radius 1 is 1.30 bits per heavy atom. The van der Waals surface area contributed by atoms with Crippen LogP contribution in [-0.4, -0.2) is 26.4 Å². The zero-order valence-corrected chi connectivity index (χ0v) is 11.6. The zero-order valence-electron chi connectivity index (χ0n) is 10.8. The first kappa shape index (κ1) is 11.7. The summed E-state index contributed by atoms with van der Waals surface area (Å²) in [5.41, 5.74) is 0. The van der Waals surface area contributed by atoms with E-state index in [1.807, 2.05) is 31.2 Å². The Labute approximate surface area is 119 Å². The van der Waals surface area contributed by atoms with Crippen LogP contribution in [0, 0.1) is 0 Å². The Balaban J connectivity index is 1.68. The quantitative estimate of drug-likeness (QED) is 0.724. The van der Waals surface area contributed by atoms with Gasteiger partial charge in [0.25, 0.3) is 0 Å². The summed E-state index contributed by atoms with van der Waals surface area (Å²) in [4.78, 5) is 0.791. The number of aromatic nitrogens is 4. The van der Waals surface area contributed by atoms with Crippen molar-refractivity contribution in [3.8, 4) is 11.5 Å². The van der Waals surface area contributed by atoms with Gasteiger partial charge in [0.1, 0.15) is 6.61 Å². The van der Waals surface area contributed by atoms with Crippen LogP contribution in [0.3, 0.4) is 0 Å². The molecule has 3 heterocycles. The molecule has 0 N–H and O–H groups in total. The lowest BCUT2D eigenvalue weighted by atomic mass is 10.3. The third-order valence-corrected chi connectivity index (χ3v) is 4.16. The summed E-state index contributed by atoms with van der Waals surface area (Å²) in [6.45, 7) is 2.49. The molecule has 0 radical (unpaired) electrons. The fourth-order valence-electron chi connectivity index (χ4n) is 2.16. The molecule has 20 heavy (non-hydrogen) atoms. The number of para-hydroxylation sites is 2. The second-order valence-corrected chi connectivity index (χ2v) is 5.46. The van der Waals surface area contributed by atoms with E-state index < -0.39 is 0 Å². The molecule has 1 aliphatic heterocycles. The lowest BCUT2D eigenvalue weighted by Crippen LogP contribution is -2.21. The summed E-state index contributed by atoms with van der Waals surface area (Å²) in [5.74, 6) is 2.39. The Morgan fingerprint density at radius 2 is 2.15 bits per heavy atom. The van der Waals surface area contributed by atoms with Gasteiger partial charge in [-0.1, -0.05) is 30.4 Å². The number of benzene rings is 1. The predicted octanol–water partition coefficient (Wildman–Crippen LogP) is 2.26. The number of hydrogen-bond donors (Lipinski definition) is 0. The van der Waals surface area contributed by atoms with Gasteiger partial charge in [-0.2, -0.15) is 9.61 Å². The lowest BCUT2D eigenvalue weighted by molar-refractivity contribution is 0.0904. The molecule has 4 rings (SSSR count). The summed E-state index contributed by atoms with van der Waals surface area (Å²) in [7, 11) is 0. The highest BCUT2D eigenvalue weighted by Crippen LogP contribution is 2.36. The molecular formula is C13H12N4O2S. The molecule has 0 amide bonds. The zero-order chi connectivity index (χ0) is 13.5. The van der Waals surface area contributed by atoms with Crippen LogP contribution in [0.2, 0.25) is 0 Å². The molecule has 3 aromatic rings. The van der Waals surface area contributed by atoms with E-state index in [1.54, 1.807) is 4.52 Å². The topological polar surface area (TPSA) is 61.5 Å². The average Bonchev–Trinajstić information content (AvgIpc) is 3.06. The van der Waals surface area contributed by atoms with Crippen molar-refractivity contribution in [2.45, 2.75) is 19.4 Å². The molecule has 0 saturated carbocycles. The van der Waals surface area contributed by atoms with Gasteiger partial charge < -0.3 is 9.47 Å². The molecule has 102 valence electrons. The van der Waals surface area contributed by atoms with Crippen LogP contribution in [0.4, 0.5) is 0 Å². The van der Waals surface area contributed by atoms with Crippen LogP contribution < -0.4 is 9.47 Å². The fourth-order valence-corrected chi connectivity index (χ4v) is 3.04. The first-order valence-corrected chi connectivity index (χ1v) is 7.26. The maximum Gasteiger partial charge on any atom is 0.234 e.